The second kappa shape index (κ2) is 5.94. The van der Waals surface area contributed by atoms with E-state index in [-0.39, 0.29) is 17.1 Å². The molecule has 0 aliphatic heterocycles. The quantitative estimate of drug-likeness (QED) is 0.793. The molecule has 0 unspecified atom stereocenters. The van der Waals surface area contributed by atoms with E-state index >= 15 is 0 Å². The number of urea groups is 1. The number of carbonyl (C=O) groups is 2. The molecule has 0 spiro atoms. The molecule has 108 valence electrons. The predicted octanol–water partition coefficient (Wildman–Crippen LogP) is 3.23. The maximum atomic E-state index is 12.0. The number of carbonyl (C=O) groups excluding carboxylic acids is 1. The van der Waals surface area contributed by atoms with Crippen LogP contribution in [0.4, 0.5) is 10.5 Å². The molecule has 0 atom stereocenters. The lowest BCUT2D eigenvalue weighted by atomic mass is 9.83. The van der Waals surface area contributed by atoms with Crippen LogP contribution in [0, 0.1) is 0 Å². The molecule has 2 rings (SSSR count). The van der Waals surface area contributed by atoms with Crippen LogP contribution in [0.2, 0.25) is 0 Å². The van der Waals surface area contributed by atoms with E-state index < -0.39 is 5.97 Å². The zero-order valence-corrected chi connectivity index (χ0v) is 11.6. The zero-order chi connectivity index (χ0) is 14.6. The average Bonchev–Trinajstić information content (AvgIpc) is 2.39. The van der Waals surface area contributed by atoms with Gasteiger partial charge in [0.05, 0.1) is 5.56 Å². The van der Waals surface area contributed by atoms with Gasteiger partial charge in [-0.1, -0.05) is 25.3 Å². The van der Waals surface area contributed by atoms with E-state index in [4.69, 9.17) is 5.11 Å². The first kappa shape index (κ1) is 14.4. The van der Waals surface area contributed by atoms with Crippen LogP contribution in [0.15, 0.2) is 24.3 Å². The number of aromatic carboxylic acids is 1. The SMILES string of the molecule is CC1(NC(=O)Nc2cccc(C(=O)O)c2)CCCCC1. The van der Waals surface area contributed by atoms with Gasteiger partial charge in [0, 0.05) is 11.2 Å². The molecule has 1 aliphatic rings. The summed E-state index contributed by atoms with van der Waals surface area (Å²) in [7, 11) is 0. The van der Waals surface area contributed by atoms with Gasteiger partial charge in [0.2, 0.25) is 0 Å². The summed E-state index contributed by atoms with van der Waals surface area (Å²) in [5.41, 5.74) is 0.487. The maximum Gasteiger partial charge on any atom is 0.335 e. The van der Waals surface area contributed by atoms with Crippen LogP contribution < -0.4 is 10.6 Å². The van der Waals surface area contributed by atoms with Crippen LogP contribution in [0.3, 0.4) is 0 Å². The average molecular weight is 276 g/mol. The van der Waals surface area contributed by atoms with Crippen LogP contribution >= 0.6 is 0 Å². The molecule has 1 aromatic carbocycles. The standard InChI is InChI=1S/C15H20N2O3/c1-15(8-3-2-4-9-15)17-14(20)16-12-7-5-6-11(10-12)13(18)19/h5-7,10H,2-4,8-9H2,1H3,(H,18,19)(H2,16,17,20). The fourth-order valence-corrected chi connectivity index (χ4v) is 2.62. The molecule has 0 aromatic heterocycles. The van der Waals surface area contributed by atoms with Gasteiger partial charge < -0.3 is 15.7 Å². The largest absolute Gasteiger partial charge is 0.478 e. The Morgan fingerprint density at radius 1 is 1.20 bits per heavy atom. The topological polar surface area (TPSA) is 78.4 Å². The lowest BCUT2D eigenvalue weighted by Gasteiger charge is -2.34. The molecule has 5 heteroatoms. The van der Waals surface area contributed by atoms with E-state index in [9.17, 15) is 9.59 Å². The lowest BCUT2D eigenvalue weighted by Crippen LogP contribution is -2.48. The van der Waals surface area contributed by atoms with Crippen LogP contribution in [0.1, 0.15) is 49.4 Å². The van der Waals surface area contributed by atoms with Crippen molar-refractivity contribution in [3.8, 4) is 0 Å². The molecule has 0 saturated heterocycles. The summed E-state index contributed by atoms with van der Waals surface area (Å²) in [6.07, 6.45) is 5.45. The van der Waals surface area contributed by atoms with Gasteiger partial charge in [-0.15, -0.1) is 0 Å². The van der Waals surface area contributed by atoms with Crippen molar-refractivity contribution in [3.63, 3.8) is 0 Å². The van der Waals surface area contributed by atoms with E-state index in [2.05, 4.69) is 17.6 Å². The minimum Gasteiger partial charge on any atom is -0.478 e. The number of amides is 2. The number of hydrogen-bond acceptors (Lipinski definition) is 2. The Morgan fingerprint density at radius 3 is 2.55 bits per heavy atom. The van der Waals surface area contributed by atoms with Gasteiger partial charge in [-0.05, 0) is 38.0 Å². The Bertz CT molecular complexity index is 508. The molecule has 3 N–H and O–H groups in total. The second-order valence-corrected chi connectivity index (χ2v) is 5.59. The minimum atomic E-state index is -1.01. The number of carboxylic acids is 1. The van der Waals surface area contributed by atoms with E-state index in [0.29, 0.717) is 5.69 Å². The number of carboxylic acid groups (broad SMARTS) is 1. The Morgan fingerprint density at radius 2 is 1.90 bits per heavy atom. The van der Waals surface area contributed by atoms with Gasteiger partial charge in [-0.3, -0.25) is 0 Å². The van der Waals surface area contributed by atoms with Crippen molar-refractivity contribution in [1.29, 1.82) is 0 Å². The highest BCUT2D eigenvalue weighted by atomic mass is 16.4. The van der Waals surface area contributed by atoms with Crippen molar-refractivity contribution < 1.29 is 14.7 Å². The molecular formula is C15H20N2O3. The van der Waals surface area contributed by atoms with Gasteiger partial charge in [0.25, 0.3) is 0 Å². The van der Waals surface area contributed by atoms with E-state index in [1.54, 1.807) is 12.1 Å². The van der Waals surface area contributed by atoms with Crippen molar-refractivity contribution in [2.45, 2.75) is 44.6 Å². The van der Waals surface area contributed by atoms with Crippen LogP contribution in [-0.4, -0.2) is 22.6 Å². The van der Waals surface area contributed by atoms with Crippen LogP contribution in [0.25, 0.3) is 0 Å². The molecule has 0 radical (unpaired) electrons. The molecular weight excluding hydrogens is 256 g/mol. The monoisotopic (exact) mass is 276 g/mol. The van der Waals surface area contributed by atoms with Crippen molar-refractivity contribution >= 4 is 17.7 Å². The van der Waals surface area contributed by atoms with Gasteiger partial charge in [0.1, 0.15) is 0 Å². The van der Waals surface area contributed by atoms with E-state index in [0.717, 1.165) is 25.7 Å². The van der Waals surface area contributed by atoms with Gasteiger partial charge in [-0.25, -0.2) is 9.59 Å². The molecule has 2 amide bonds. The summed E-state index contributed by atoms with van der Waals surface area (Å²) in [5.74, 6) is -1.01. The highest BCUT2D eigenvalue weighted by Gasteiger charge is 2.28. The van der Waals surface area contributed by atoms with Gasteiger partial charge >= 0.3 is 12.0 Å². The second-order valence-electron chi connectivity index (χ2n) is 5.59. The number of hydrogen-bond donors (Lipinski definition) is 3. The summed E-state index contributed by atoms with van der Waals surface area (Å²) >= 11 is 0. The first-order chi connectivity index (χ1) is 9.48. The molecule has 1 fully saturated rings. The maximum absolute atomic E-state index is 12.0. The molecule has 1 aliphatic carbocycles. The number of nitrogens with one attached hydrogen (secondary N) is 2. The summed E-state index contributed by atoms with van der Waals surface area (Å²) in [6, 6.07) is 5.95. The molecule has 20 heavy (non-hydrogen) atoms. The highest BCUT2D eigenvalue weighted by molar-refractivity contribution is 5.93. The molecule has 5 nitrogen and oxygen atoms in total. The van der Waals surface area contributed by atoms with Crippen molar-refractivity contribution in [2.24, 2.45) is 0 Å². The normalized spacial score (nSPS) is 17.2. The lowest BCUT2D eigenvalue weighted by molar-refractivity contribution is 0.0697. The third-order valence-corrected chi connectivity index (χ3v) is 3.74. The smallest absolute Gasteiger partial charge is 0.335 e. The summed E-state index contributed by atoms with van der Waals surface area (Å²) in [6.45, 7) is 2.05. The predicted molar refractivity (Wildman–Crippen MR) is 77.0 cm³/mol. The fourth-order valence-electron chi connectivity index (χ4n) is 2.62. The van der Waals surface area contributed by atoms with Crippen molar-refractivity contribution in [3.05, 3.63) is 29.8 Å². The minimum absolute atomic E-state index is 0.159. The van der Waals surface area contributed by atoms with E-state index in [1.807, 2.05) is 0 Å². The number of benzene rings is 1. The Kier molecular flexibility index (Phi) is 4.27. The third kappa shape index (κ3) is 3.73. The number of anilines is 1. The van der Waals surface area contributed by atoms with Crippen LogP contribution in [-0.2, 0) is 0 Å². The molecule has 0 heterocycles. The first-order valence-corrected chi connectivity index (χ1v) is 6.91. The summed E-state index contributed by atoms with van der Waals surface area (Å²) in [4.78, 5) is 22.9. The third-order valence-electron chi connectivity index (χ3n) is 3.74. The van der Waals surface area contributed by atoms with Gasteiger partial charge in [-0.2, -0.15) is 0 Å². The Labute approximate surface area is 118 Å². The van der Waals surface area contributed by atoms with Crippen molar-refractivity contribution in [2.75, 3.05) is 5.32 Å². The first-order valence-electron chi connectivity index (χ1n) is 6.91. The molecule has 1 aromatic rings. The molecule has 1 saturated carbocycles. The molecule has 0 bridgehead atoms. The number of rotatable bonds is 3. The van der Waals surface area contributed by atoms with E-state index in [1.165, 1.54) is 18.6 Å². The highest BCUT2D eigenvalue weighted by Crippen LogP contribution is 2.27. The Hall–Kier alpha value is -2.04. The Balaban J connectivity index is 1.97. The van der Waals surface area contributed by atoms with Gasteiger partial charge in [0.15, 0.2) is 0 Å². The summed E-state index contributed by atoms with van der Waals surface area (Å²) in [5, 5.41) is 14.6. The fraction of sp³-hybridized carbons (Fsp3) is 0.467. The zero-order valence-electron chi connectivity index (χ0n) is 11.6. The van der Waals surface area contributed by atoms with Crippen LogP contribution in [0.5, 0.6) is 0 Å². The summed E-state index contributed by atoms with van der Waals surface area (Å²) < 4.78 is 0. The van der Waals surface area contributed by atoms with Crippen molar-refractivity contribution in [1.82, 2.24) is 5.32 Å².